The molecule has 17 heavy (non-hydrogen) atoms. The van der Waals surface area contributed by atoms with E-state index in [1.165, 1.54) is 0 Å². The summed E-state index contributed by atoms with van der Waals surface area (Å²) < 4.78 is 19.5. The Hall–Kier alpha value is -1.08. The van der Waals surface area contributed by atoms with Gasteiger partial charge >= 0.3 is 0 Å². The first kappa shape index (κ1) is 12.4. The number of hydrogen-bond acceptors (Lipinski definition) is 4. The van der Waals surface area contributed by atoms with Gasteiger partial charge in [0.1, 0.15) is 0 Å². The van der Waals surface area contributed by atoms with Crippen molar-refractivity contribution in [1.29, 1.82) is 0 Å². The minimum absolute atomic E-state index is 0.385. The molecule has 0 aliphatic heterocycles. The molecule has 0 aliphatic carbocycles. The fourth-order valence-electron chi connectivity index (χ4n) is 1.25. The first-order valence-corrected chi connectivity index (χ1v) is 7.40. The first-order chi connectivity index (χ1) is 8.35. The molecule has 1 heterocycles. The second kappa shape index (κ2) is 6.02. The number of H-pyrrole nitrogens is 1. The summed E-state index contributed by atoms with van der Waals surface area (Å²) in [5.74, 6) is 1.85. The third-order valence-electron chi connectivity index (χ3n) is 1.94. The van der Waals surface area contributed by atoms with Gasteiger partial charge in [-0.3, -0.25) is 0 Å². The van der Waals surface area contributed by atoms with Crippen molar-refractivity contribution in [2.45, 2.75) is 0 Å². The van der Waals surface area contributed by atoms with Crippen LogP contribution in [-0.4, -0.2) is 27.5 Å². The Morgan fingerprint density at radius 2 is 2.12 bits per heavy atom. The van der Waals surface area contributed by atoms with E-state index in [2.05, 4.69) is 9.02 Å². The van der Waals surface area contributed by atoms with E-state index in [1.54, 1.807) is 18.5 Å². The van der Waals surface area contributed by atoms with Crippen LogP contribution in [0.2, 0.25) is 0 Å². The van der Waals surface area contributed by atoms with Crippen LogP contribution in [-0.2, 0) is 0 Å². The summed E-state index contributed by atoms with van der Waals surface area (Å²) in [5.41, 5.74) is 0. The maximum Gasteiger partial charge on any atom is 0.206 e. The van der Waals surface area contributed by atoms with E-state index in [0.29, 0.717) is 34.3 Å². The van der Waals surface area contributed by atoms with E-state index in [0.717, 1.165) is 8.51 Å². The lowest BCUT2D eigenvalue weighted by molar-refractivity contribution is 0.253. The summed E-state index contributed by atoms with van der Waals surface area (Å²) in [5, 5.41) is 0. The van der Waals surface area contributed by atoms with Gasteiger partial charge in [-0.05, 0) is 12.1 Å². The van der Waals surface area contributed by atoms with Crippen molar-refractivity contribution in [3.63, 3.8) is 0 Å². The zero-order valence-corrected chi connectivity index (χ0v) is 12.2. The largest absolute Gasteiger partial charge is 0.493 e. The van der Waals surface area contributed by atoms with Crippen LogP contribution in [0, 0.1) is 0 Å². The molecule has 9 heteroatoms. The number of hydrogen-bond donors (Lipinski definition) is 1. The maximum absolute atomic E-state index is 5.70. The lowest BCUT2D eigenvalue weighted by Gasteiger charge is -2.12. The molecule has 0 bridgehead atoms. The van der Waals surface area contributed by atoms with Gasteiger partial charge in [0.15, 0.2) is 14.3 Å². The first-order valence-electron chi connectivity index (χ1n) is 4.70. The van der Waals surface area contributed by atoms with Gasteiger partial charge in [0.2, 0.25) is 11.5 Å². The van der Waals surface area contributed by atoms with Gasteiger partial charge in [-0.2, -0.15) is 4.51 Å². The Morgan fingerprint density at radius 3 is 2.76 bits per heavy atom. The molecule has 2 atom stereocenters. The number of benzene rings is 1. The molecule has 0 spiro atoms. The SMILES string of the molecule is COc1cccc(On2pn[pH][nH][pH]2)c1OC. The van der Waals surface area contributed by atoms with Gasteiger partial charge in [0.25, 0.3) is 0 Å². The number of nitrogens with one attached hydrogen (secondary N) is 1. The highest BCUT2D eigenvalue weighted by Crippen LogP contribution is 2.37. The number of para-hydroxylation sites is 1. The second-order valence-corrected chi connectivity index (χ2v) is 6.47. The molecule has 2 aromatic rings. The summed E-state index contributed by atoms with van der Waals surface area (Å²) in [6, 6.07) is 5.51. The monoisotopic (exact) mass is 291 g/mol. The normalized spacial score (nSPS) is 11.2. The van der Waals surface area contributed by atoms with Gasteiger partial charge in [-0.15, -0.1) is 4.26 Å². The standard InChI is InChI=1S/C8H12N3O3P3/c1-12-6-4-3-5-7(8(6)13-2)14-11-16-9-15-10-17-11/h3-5,9,15-16H,1-2H3. The van der Waals surface area contributed by atoms with Crippen LogP contribution in [0.1, 0.15) is 0 Å². The molecular weight excluding hydrogens is 279 g/mol. The van der Waals surface area contributed by atoms with Crippen LogP contribution in [0.5, 0.6) is 17.2 Å². The lowest BCUT2D eigenvalue weighted by Crippen LogP contribution is -2.00. The summed E-state index contributed by atoms with van der Waals surface area (Å²) in [6.45, 7) is 0. The van der Waals surface area contributed by atoms with Crippen LogP contribution < -0.4 is 14.3 Å². The highest BCUT2D eigenvalue weighted by atomic mass is 31.1. The molecule has 2 rings (SSSR count). The van der Waals surface area contributed by atoms with Crippen LogP contribution in [0.4, 0.5) is 0 Å². The summed E-state index contributed by atoms with van der Waals surface area (Å²) in [6.07, 6.45) is 0. The van der Waals surface area contributed by atoms with Gasteiger partial charge in [0.05, 0.1) is 22.7 Å². The second-order valence-electron chi connectivity index (χ2n) is 2.89. The summed E-state index contributed by atoms with van der Waals surface area (Å²) in [4.78, 5) is 5.70. The zero-order valence-electron chi connectivity index (χ0n) is 9.30. The number of ether oxygens (including phenoxy) is 2. The van der Waals surface area contributed by atoms with Crippen molar-refractivity contribution >= 4 is 25.5 Å². The third-order valence-corrected chi connectivity index (χ3v) is 4.68. The molecule has 0 aliphatic rings. The fourth-order valence-corrected chi connectivity index (χ4v) is 4.28. The molecule has 0 radical (unpaired) electrons. The van der Waals surface area contributed by atoms with Crippen LogP contribution in [0.15, 0.2) is 18.2 Å². The van der Waals surface area contributed by atoms with Gasteiger partial charge in [0, 0.05) is 8.51 Å². The van der Waals surface area contributed by atoms with E-state index >= 15 is 0 Å². The molecule has 1 N–H and O–H groups in total. The van der Waals surface area contributed by atoms with Gasteiger partial charge in [-0.1, -0.05) is 6.07 Å². The van der Waals surface area contributed by atoms with E-state index in [4.69, 9.17) is 14.3 Å². The van der Waals surface area contributed by atoms with Crippen molar-refractivity contribution in [3.05, 3.63) is 18.2 Å². The van der Waals surface area contributed by atoms with Crippen molar-refractivity contribution in [2.24, 2.45) is 0 Å². The lowest BCUT2D eigenvalue weighted by atomic mass is 10.3. The van der Waals surface area contributed by atoms with Crippen molar-refractivity contribution in [3.8, 4) is 17.2 Å². The van der Waals surface area contributed by atoms with Crippen molar-refractivity contribution < 1.29 is 14.3 Å². The Balaban J connectivity index is 2.33. The summed E-state index contributed by atoms with van der Waals surface area (Å²) in [7, 11) is 4.82. The third kappa shape index (κ3) is 2.98. The highest BCUT2D eigenvalue weighted by molar-refractivity contribution is 7.44. The topological polar surface area (TPSA) is 61.3 Å². The summed E-state index contributed by atoms with van der Waals surface area (Å²) >= 11 is 0. The predicted molar refractivity (Wildman–Crippen MR) is 71.3 cm³/mol. The average molecular weight is 291 g/mol. The smallest absolute Gasteiger partial charge is 0.206 e. The van der Waals surface area contributed by atoms with E-state index < -0.39 is 0 Å². The van der Waals surface area contributed by atoms with Crippen LogP contribution in [0.25, 0.3) is 0 Å². The number of aromatic nitrogens is 3. The molecule has 2 unspecified atom stereocenters. The molecule has 0 saturated carbocycles. The molecular formula is C8H12N3O3P3. The molecule has 1 aromatic carbocycles. The Labute approximate surface area is 103 Å². The number of nitrogens with zero attached hydrogens (tertiary/aromatic N) is 2. The van der Waals surface area contributed by atoms with Crippen molar-refractivity contribution in [1.82, 2.24) is 13.3 Å². The average Bonchev–Trinajstić information content (AvgIpc) is 2.39. The fraction of sp³-hybridized carbons (Fsp3) is 0.250. The van der Waals surface area contributed by atoms with Gasteiger partial charge in [-0.25, -0.2) is 0 Å². The van der Waals surface area contributed by atoms with Crippen LogP contribution >= 0.6 is 25.5 Å². The predicted octanol–water partition coefficient (Wildman–Crippen LogP) is 2.84. The molecule has 1 aromatic heterocycles. The van der Waals surface area contributed by atoms with Gasteiger partial charge < -0.3 is 18.8 Å². The molecule has 0 amide bonds. The molecule has 0 saturated heterocycles. The van der Waals surface area contributed by atoms with Crippen LogP contribution in [0.3, 0.4) is 0 Å². The zero-order chi connectivity index (χ0) is 12.1. The van der Waals surface area contributed by atoms with E-state index in [1.807, 2.05) is 18.2 Å². The quantitative estimate of drug-likeness (QED) is 0.941. The van der Waals surface area contributed by atoms with Crippen molar-refractivity contribution in [2.75, 3.05) is 14.2 Å². The number of aromatic amines is 1. The highest BCUT2D eigenvalue weighted by Gasteiger charge is 2.11. The maximum atomic E-state index is 5.70. The molecule has 0 fully saturated rings. The Kier molecular flexibility index (Phi) is 4.38. The van der Waals surface area contributed by atoms with E-state index in [-0.39, 0.29) is 0 Å². The molecule has 92 valence electrons. The molecule has 6 nitrogen and oxygen atoms in total. The minimum atomic E-state index is 0.385. The number of rotatable bonds is 4. The number of methoxy groups -OCH3 is 2. The Morgan fingerprint density at radius 1 is 1.29 bits per heavy atom. The van der Waals surface area contributed by atoms with E-state index in [9.17, 15) is 0 Å². The Bertz CT molecular complexity index is 500. The minimum Gasteiger partial charge on any atom is -0.493 e.